The maximum absolute atomic E-state index is 5.59. The third-order valence-corrected chi connectivity index (χ3v) is 4.90. The number of nitrogens with two attached hydrogens (primary N) is 1. The molecule has 2 aliphatic rings. The van der Waals surface area contributed by atoms with Crippen LogP contribution in [0.5, 0.6) is 0 Å². The van der Waals surface area contributed by atoms with Gasteiger partial charge in [0.25, 0.3) is 0 Å². The van der Waals surface area contributed by atoms with Gasteiger partial charge in [-0.05, 0) is 69.5 Å². The minimum atomic E-state index is 0.612. The van der Waals surface area contributed by atoms with Gasteiger partial charge >= 0.3 is 0 Å². The van der Waals surface area contributed by atoms with Gasteiger partial charge < -0.3 is 15.4 Å². The van der Waals surface area contributed by atoms with E-state index in [1.807, 2.05) is 0 Å². The molecule has 0 radical (unpaired) electrons. The number of nitrogens with zero attached hydrogens (tertiary/aromatic N) is 1. The zero-order valence-corrected chi connectivity index (χ0v) is 12.0. The molecular formula is C15H30N2O. The van der Waals surface area contributed by atoms with Crippen molar-refractivity contribution in [2.24, 2.45) is 17.1 Å². The number of ether oxygens (including phenoxy) is 1. The number of hydrogen-bond donors (Lipinski definition) is 1. The molecule has 0 aromatic carbocycles. The first kappa shape index (κ1) is 14.3. The van der Waals surface area contributed by atoms with Gasteiger partial charge in [-0.25, -0.2) is 0 Å². The average Bonchev–Trinajstić information content (AvgIpc) is 2.74. The van der Waals surface area contributed by atoms with E-state index in [1.165, 1.54) is 58.2 Å². The van der Waals surface area contributed by atoms with Crippen molar-refractivity contribution in [3.63, 3.8) is 0 Å². The fraction of sp³-hybridized carbons (Fsp3) is 1.00. The highest BCUT2D eigenvalue weighted by atomic mass is 16.5. The Morgan fingerprint density at radius 1 is 1.22 bits per heavy atom. The molecule has 3 nitrogen and oxygen atoms in total. The molecule has 2 heterocycles. The Morgan fingerprint density at radius 2 is 2.00 bits per heavy atom. The van der Waals surface area contributed by atoms with Crippen molar-refractivity contribution in [1.29, 1.82) is 0 Å². The number of rotatable bonds is 6. The molecule has 1 unspecified atom stereocenters. The SMILES string of the molecule is CC(CCN)CCCN1CCC2(CCOCC2)C1. The van der Waals surface area contributed by atoms with E-state index in [4.69, 9.17) is 10.5 Å². The molecule has 3 heteroatoms. The van der Waals surface area contributed by atoms with Crippen molar-refractivity contribution < 1.29 is 4.74 Å². The topological polar surface area (TPSA) is 38.5 Å². The molecule has 106 valence electrons. The molecule has 0 aliphatic carbocycles. The summed E-state index contributed by atoms with van der Waals surface area (Å²) in [6.07, 6.45) is 7.83. The lowest BCUT2D eigenvalue weighted by molar-refractivity contribution is 0.0193. The Labute approximate surface area is 112 Å². The second kappa shape index (κ2) is 6.88. The number of likely N-dealkylation sites (tertiary alicyclic amines) is 1. The number of hydrogen-bond acceptors (Lipinski definition) is 3. The highest BCUT2D eigenvalue weighted by Gasteiger charge is 2.38. The van der Waals surface area contributed by atoms with E-state index in [2.05, 4.69) is 11.8 Å². The predicted octanol–water partition coefficient (Wildman–Crippen LogP) is 2.25. The van der Waals surface area contributed by atoms with Crippen LogP contribution in [0.25, 0.3) is 0 Å². The summed E-state index contributed by atoms with van der Waals surface area (Å²) in [4.78, 5) is 2.68. The fourth-order valence-electron chi connectivity index (χ4n) is 3.52. The third-order valence-electron chi connectivity index (χ3n) is 4.90. The second-order valence-electron chi connectivity index (χ2n) is 6.46. The predicted molar refractivity (Wildman–Crippen MR) is 75.6 cm³/mol. The molecule has 2 rings (SSSR count). The van der Waals surface area contributed by atoms with Crippen molar-refractivity contribution in [1.82, 2.24) is 4.90 Å². The smallest absolute Gasteiger partial charge is 0.0471 e. The molecular weight excluding hydrogens is 224 g/mol. The quantitative estimate of drug-likeness (QED) is 0.790. The van der Waals surface area contributed by atoms with Crippen molar-refractivity contribution in [2.45, 2.75) is 45.4 Å². The van der Waals surface area contributed by atoms with Crippen LogP contribution in [0.1, 0.15) is 45.4 Å². The lowest BCUT2D eigenvalue weighted by Gasteiger charge is -2.33. The second-order valence-corrected chi connectivity index (χ2v) is 6.46. The molecule has 0 bridgehead atoms. The van der Waals surface area contributed by atoms with Gasteiger partial charge in [0.2, 0.25) is 0 Å². The van der Waals surface area contributed by atoms with E-state index >= 15 is 0 Å². The fourth-order valence-corrected chi connectivity index (χ4v) is 3.52. The molecule has 0 amide bonds. The zero-order chi connectivity index (χ0) is 12.8. The third kappa shape index (κ3) is 3.94. The summed E-state index contributed by atoms with van der Waals surface area (Å²) in [5, 5.41) is 0. The van der Waals surface area contributed by atoms with Crippen LogP contribution >= 0.6 is 0 Å². The normalized spacial score (nSPS) is 25.7. The molecule has 18 heavy (non-hydrogen) atoms. The first-order valence-electron chi connectivity index (χ1n) is 7.74. The van der Waals surface area contributed by atoms with Gasteiger partial charge in [0.1, 0.15) is 0 Å². The lowest BCUT2D eigenvalue weighted by Crippen LogP contribution is -2.33. The summed E-state index contributed by atoms with van der Waals surface area (Å²) in [7, 11) is 0. The van der Waals surface area contributed by atoms with Crippen molar-refractivity contribution in [2.75, 3.05) is 39.4 Å². The summed E-state index contributed by atoms with van der Waals surface area (Å²) in [6, 6.07) is 0. The first-order chi connectivity index (χ1) is 8.74. The minimum absolute atomic E-state index is 0.612. The summed E-state index contributed by atoms with van der Waals surface area (Å²) < 4.78 is 5.50. The largest absolute Gasteiger partial charge is 0.381 e. The highest BCUT2D eigenvalue weighted by molar-refractivity contribution is 4.91. The summed E-state index contributed by atoms with van der Waals surface area (Å²) in [6.45, 7) is 9.07. The first-order valence-corrected chi connectivity index (χ1v) is 7.74. The summed E-state index contributed by atoms with van der Waals surface area (Å²) in [5.41, 5.74) is 6.21. The van der Waals surface area contributed by atoms with Crippen LogP contribution in [-0.2, 0) is 4.74 Å². The maximum atomic E-state index is 5.59. The van der Waals surface area contributed by atoms with Crippen LogP contribution in [0.4, 0.5) is 0 Å². The van der Waals surface area contributed by atoms with E-state index in [0.29, 0.717) is 5.41 Å². The Bertz CT molecular complexity index is 239. The Hall–Kier alpha value is -0.120. The van der Waals surface area contributed by atoms with Crippen molar-refractivity contribution >= 4 is 0 Å². The van der Waals surface area contributed by atoms with Gasteiger partial charge in [0, 0.05) is 19.8 Å². The molecule has 1 spiro atoms. The lowest BCUT2D eigenvalue weighted by atomic mass is 9.80. The van der Waals surface area contributed by atoms with Gasteiger partial charge in [-0.1, -0.05) is 6.92 Å². The van der Waals surface area contributed by atoms with E-state index in [-0.39, 0.29) is 0 Å². The summed E-state index contributed by atoms with van der Waals surface area (Å²) >= 11 is 0. The molecule has 2 saturated heterocycles. The van der Waals surface area contributed by atoms with Crippen LogP contribution in [0.2, 0.25) is 0 Å². The maximum Gasteiger partial charge on any atom is 0.0471 e. The zero-order valence-electron chi connectivity index (χ0n) is 12.0. The van der Waals surface area contributed by atoms with Gasteiger partial charge in [-0.3, -0.25) is 0 Å². The van der Waals surface area contributed by atoms with E-state index in [9.17, 15) is 0 Å². The van der Waals surface area contributed by atoms with Crippen LogP contribution < -0.4 is 5.73 Å². The van der Waals surface area contributed by atoms with Gasteiger partial charge in [-0.15, -0.1) is 0 Å². The van der Waals surface area contributed by atoms with E-state index in [0.717, 1.165) is 25.7 Å². The molecule has 0 aromatic rings. The molecule has 0 aromatic heterocycles. The monoisotopic (exact) mass is 254 g/mol. The van der Waals surface area contributed by atoms with E-state index < -0.39 is 0 Å². The van der Waals surface area contributed by atoms with Crippen molar-refractivity contribution in [3.05, 3.63) is 0 Å². The van der Waals surface area contributed by atoms with Gasteiger partial charge in [-0.2, -0.15) is 0 Å². The van der Waals surface area contributed by atoms with Crippen LogP contribution in [-0.4, -0.2) is 44.3 Å². The Balaban J connectivity index is 1.63. The Morgan fingerprint density at radius 3 is 2.72 bits per heavy atom. The van der Waals surface area contributed by atoms with Crippen LogP contribution in [0.3, 0.4) is 0 Å². The van der Waals surface area contributed by atoms with E-state index in [1.54, 1.807) is 0 Å². The minimum Gasteiger partial charge on any atom is -0.381 e. The molecule has 2 N–H and O–H groups in total. The standard InChI is InChI=1S/C15H30N2O/c1-14(4-8-16)3-2-9-17-10-5-15(13-17)6-11-18-12-7-15/h14H,2-13,16H2,1H3. The van der Waals surface area contributed by atoms with Gasteiger partial charge in [0.15, 0.2) is 0 Å². The van der Waals surface area contributed by atoms with Crippen LogP contribution in [0, 0.1) is 11.3 Å². The Kier molecular flexibility index (Phi) is 5.46. The average molecular weight is 254 g/mol. The van der Waals surface area contributed by atoms with Crippen molar-refractivity contribution in [3.8, 4) is 0 Å². The molecule has 1 atom stereocenters. The highest BCUT2D eigenvalue weighted by Crippen LogP contribution is 2.39. The summed E-state index contributed by atoms with van der Waals surface area (Å²) in [5.74, 6) is 0.801. The van der Waals surface area contributed by atoms with Crippen LogP contribution in [0.15, 0.2) is 0 Å². The molecule has 2 aliphatic heterocycles. The molecule has 0 saturated carbocycles. The van der Waals surface area contributed by atoms with Gasteiger partial charge in [0.05, 0.1) is 0 Å². The molecule has 2 fully saturated rings.